The Kier molecular flexibility index (Phi) is 5.57. The number of nitrogens with one attached hydrogen (secondary N) is 2. The molecule has 5 rings (SSSR count). The van der Waals surface area contributed by atoms with Gasteiger partial charge in [0, 0.05) is 47.8 Å². The Morgan fingerprint density at radius 3 is 2.68 bits per heavy atom. The first-order chi connectivity index (χ1) is 16.6. The molecule has 0 radical (unpaired) electrons. The van der Waals surface area contributed by atoms with E-state index in [1.54, 1.807) is 31.0 Å². The van der Waals surface area contributed by atoms with E-state index in [-0.39, 0.29) is 0 Å². The molecule has 2 N–H and O–H groups in total. The molecule has 5 aromatic rings. The molecule has 1 atom stereocenters. The van der Waals surface area contributed by atoms with Crippen LogP contribution in [0.25, 0.3) is 22.0 Å². The highest BCUT2D eigenvalue weighted by atomic mass is 16.5. The summed E-state index contributed by atoms with van der Waals surface area (Å²) in [5.74, 6) is -0.00819. The van der Waals surface area contributed by atoms with Gasteiger partial charge < -0.3 is 15.0 Å². The third-order valence-corrected chi connectivity index (χ3v) is 5.84. The first-order valence-electron chi connectivity index (χ1n) is 10.7. The van der Waals surface area contributed by atoms with E-state index >= 15 is 0 Å². The number of methoxy groups -OCH3 is 1. The largest absolute Gasteiger partial charge is 0.357 e. The van der Waals surface area contributed by atoms with Crippen LogP contribution < -0.4 is 5.32 Å². The topological polar surface area (TPSA) is 106 Å². The van der Waals surface area contributed by atoms with Gasteiger partial charge in [0.1, 0.15) is 0 Å². The summed E-state index contributed by atoms with van der Waals surface area (Å²) >= 11 is 0. The van der Waals surface area contributed by atoms with Crippen LogP contribution in [0.4, 0.5) is 5.69 Å². The Bertz CT molecular complexity index is 1460. The molecule has 3 aromatic heterocycles. The highest BCUT2D eigenvalue weighted by molar-refractivity contribution is 6.01. The van der Waals surface area contributed by atoms with Crippen LogP contribution in [0.3, 0.4) is 0 Å². The van der Waals surface area contributed by atoms with Crippen molar-refractivity contribution in [2.75, 3.05) is 12.4 Å². The number of hydrogen-bond acceptors (Lipinski definition) is 6. The van der Waals surface area contributed by atoms with Crippen LogP contribution in [-0.4, -0.2) is 38.2 Å². The molecule has 3 heterocycles. The number of H-pyrrole nitrogens is 1. The number of ether oxygens (including phenoxy) is 1. The van der Waals surface area contributed by atoms with Gasteiger partial charge in [0.2, 0.25) is 5.60 Å². The molecule has 0 aliphatic heterocycles. The minimum atomic E-state index is -1.48. The molecule has 8 heteroatoms. The third kappa shape index (κ3) is 3.60. The maximum absolute atomic E-state index is 13.8. The molecule has 0 saturated heterocycles. The number of amides is 1. The van der Waals surface area contributed by atoms with Gasteiger partial charge in [-0.2, -0.15) is 10.2 Å². The van der Waals surface area contributed by atoms with Gasteiger partial charge in [0.05, 0.1) is 23.6 Å². The fourth-order valence-electron chi connectivity index (χ4n) is 4.19. The minimum Gasteiger partial charge on any atom is -0.357 e. The average Bonchev–Trinajstić information content (AvgIpc) is 3.41. The van der Waals surface area contributed by atoms with Crippen molar-refractivity contribution in [2.45, 2.75) is 12.5 Å². The number of fused-ring (bicyclic) bond motifs is 1. The zero-order valence-electron chi connectivity index (χ0n) is 18.7. The highest BCUT2D eigenvalue weighted by Gasteiger charge is 2.46. The fraction of sp³-hybridized carbons (Fsp3) is 0.115. The number of anilines is 1. The number of aromatic nitrogens is 5. The van der Waals surface area contributed by atoms with Gasteiger partial charge >= 0.3 is 0 Å². The third-order valence-electron chi connectivity index (χ3n) is 5.84. The molecule has 8 nitrogen and oxygen atoms in total. The fourth-order valence-corrected chi connectivity index (χ4v) is 4.19. The van der Waals surface area contributed by atoms with E-state index in [4.69, 9.17) is 4.74 Å². The first-order valence-corrected chi connectivity index (χ1v) is 10.7. The molecule has 0 aliphatic carbocycles. The van der Waals surface area contributed by atoms with Crippen LogP contribution in [0.15, 0.2) is 85.6 Å². The number of hydrogen-bond donors (Lipinski definition) is 2. The van der Waals surface area contributed by atoms with Crippen LogP contribution in [0.2, 0.25) is 0 Å². The summed E-state index contributed by atoms with van der Waals surface area (Å²) in [6.45, 7) is 1.93. The van der Waals surface area contributed by atoms with Gasteiger partial charge in [-0.1, -0.05) is 42.5 Å². The number of pyridine rings is 1. The zero-order valence-corrected chi connectivity index (χ0v) is 18.7. The quantitative estimate of drug-likeness (QED) is 0.401. The predicted octanol–water partition coefficient (Wildman–Crippen LogP) is 4.25. The second-order valence-electron chi connectivity index (χ2n) is 7.83. The number of aromatic amines is 1. The van der Waals surface area contributed by atoms with Crippen molar-refractivity contribution >= 4 is 22.5 Å². The molecular weight excluding hydrogens is 428 g/mol. The van der Waals surface area contributed by atoms with Crippen LogP contribution in [0.5, 0.6) is 0 Å². The Morgan fingerprint density at radius 1 is 1.06 bits per heavy atom. The predicted molar refractivity (Wildman–Crippen MR) is 129 cm³/mol. The van der Waals surface area contributed by atoms with Crippen LogP contribution >= 0.6 is 0 Å². The van der Waals surface area contributed by atoms with Gasteiger partial charge in [0.25, 0.3) is 5.91 Å². The summed E-state index contributed by atoms with van der Waals surface area (Å²) in [5.41, 5.74) is 3.10. The maximum atomic E-state index is 13.8. The molecule has 168 valence electrons. The number of rotatable bonds is 6. The molecular formula is C26H22N6O2. The summed E-state index contributed by atoms with van der Waals surface area (Å²) in [4.78, 5) is 25.6. The average molecular weight is 451 g/mol. The lowest BCUT2D eigenvalue weighted by Crippen LogP contribution is -2.44. The van der Waals surface area contributed by atoms with Gasteiger partial charge in [0.15, 0.2) is 5.82 Å². The lowest BCUT2D eigenvalue weighted by molar-refractivity contribution is -0.134. The highest BCUT2D eigenvalue weighted by Crippen LogP contribution is 2.35. The van der Waals surface area contributed by atoms with Crippen LogP contribution in [0.1, 0.15) is 17.0 Å². The van der Waals surface area contributed by atoms with Crippen molar-refractivity contribution < 1.29 is 9.53 Å². The number of imidazole rings is 1. The molecule has 0 aliphatic rings. The summed E-state index contributed by atoms with van der Waals surface area (Å²) in [5, 5.41) is 12.2. The molecule has 1 amide bonds. The normalized spacial score (nSPS) is 12.9. The van der Waals surface area contributed by atoms with E-state index in [2.05, 4.69) is 30.5 Å². The van der Waals surface area contributed by atoms with E-state index < -0.39 is 11.5 Å². The molecule has 1 unspecified atom stereocenters. The maximum Gasteiger partial charge on any atom is 0.269 e. The lowest BCUT2D eigenvalue weighted by atomic mass is 9.88. The van der Waals surface area contributed by atoms with E-state index in [1.807, 2.05) is 61.5 Å². The van der Waals surface area contributed by atoms with Crippen LogP contribution in [0, 0.1) is 6.92 Å². The Morgan fingerprint density at radius 2 is 1.88 bits per heavy atom. The smallest absolute Gasteiger partial charge is 0.269 e. The number of nitrogens with zero attached hydrogens (tertiary/aromatic N) is 4. The molecule has 0 fully saturated rings. The number of aryl methyl sites for hydroxylation is 1. The zero-order chi connectivity index (χ0) is 23.5. The van der Waals surface area contributed by atoms with Gasteiger partial charge in [-0.05, 0) is 24.6 Å². The monoisotopic (exact) mass is 450 g/mol. The van der Waals surface area contributed by atoms with Gasteiger partial charge in [-0.25, -0.2) is 4.98 Å². The van der Waals surface area contributed by atoms with Crippen molar-refractivity contribution in [2.24, 2.45) is 0 Å². The summed E-state index contributed by atoms with van der Waals surface area (Å²) in [6.07, 6.45) is 8.28. The Hall–Kier alpha value is -4.43. The summed E-state index contributed by atoms with van der Waals surface area (Å²) in [7, 11) is 1.50. The van der Waals surface area contributed by atoms with Crippen molar-refractivity contribution in [3.8, 4) is 11.1 Å². The number of carbonyl (C=O) groups excluding carboxylic acids is 1. The summed E-state index contributed by atoms with van der Waals surface area (Å²) < 4.78 is 5.91. The molecule has 0 saturated carbocycles. The Labute approximate surface area is 196 Å². The second kappa shape index (κ2) is 8.84. The number of benzene rings is 2. The van der Waals surface area contributed by atoms with Crippen molar-refractivity contribution in [3.05, 3.63) is 103 Å². The molecule has 0 bridgehead atoms. The van der Waals surface area contributed by atoms with Gasteiger partial charge in [-0.15, -0.1) is 0 Å². The van der Waals surface area contributed by atoms with Crippen molar-refractivity contribution in [1.82, 2.24) is 25.1 Å². The Balaban J connectivity index is 1.56. The van der Waals surface area contributed by atoms with E-state index in [1.165, 1.54) is 7.11 Å². The number of carbonyl (C=O) groups is 1. The standard InChI is InChI=1S/C26H22N6O2/c1-17-7-3-5-9-22(17)26(34-2,24-28-11-12-29-24)25(33)31-19-13-18(14-27-15-19)21-16-30-32-23-10-6-4-8-20(21)23/h3-16H,1-2H3,(H,28,29)(H,31,33). The van der Waals surface area contributed by atoms with E-state index in [9.17, 15) is 4.79 Å². The second-order valence-corrected chi connectivity index (χ2v) is 7.83. The minimum absolute atomic E-state index is 0.384. The molecule has 34 heavy (non-hydrogen) atoms. The van der Waals surface area contributed by atoms with Crippen LogP contribution in [-0.2, 0) is 15.1 Å². The molecule has 0 spiro atoms. The molecule has 2 aromatic carbocycles. The van der Waals surface area contributed by atoms with Crippen molar-refractivity contribution in [3.63, 3.8) is 0 Å². The SMILES string of the molecule is COC(C(=O)Nc1cncc(-c2cnnc3ccccc23)c1)(c1ncc[nH]1)c1ccccc1C. The lowest BCUT2D eigenvalue weighted by Gasteiger charge is -2.31. The van der Waals surface area contributed by atoms with Gasteiger partial charge in [-0.3, -0.25) is 9.78 Å². The van der Waals surface area contributed by atoms with E-state index in [0.717, 1.165) is 27.6 Å². The first kappa shape index (κ1) is 21.4. The van der Waals surface area contributed by atoms with E-state index in [0.29, 0.717) is 17.1 Å². The van der Waals surface area contributed by atoms with Crippen molar-refractivity contribution in [1.29, 1.82) is 0 Å². The summed E-state index contributed by atoms with van der Waals surface area (Å²) in [6, 6.07) is 17.2.